The molecule has 14 heteroatoms. The number of hydrogen-bond acceptors (Lipinski definition) is 14. The number of fused-ring (bicyclic) bond motifs is 7. The molecule has 2 atom stereocenters. The summed E-state index contributed by atoms with van der Waals surface area (Å²) in [6.07, 6.45) is 16.0. The van der Waals surface area contributed by atoms with Crippen LogP contribution in [0.25, 0.3) is 94.5 Å². The SMILES string of the molecule is CCCCC(CC)CC1(CC(CC)CCCC)c2cc(-c3ncc(-c4nc5ccccc5s4)c4nsnc34)sc2-c2sc(-c3ncc(-c4nc5ccccc5s4)c4nsnc34)cc21. The highest BCUT2D eigenvalue weighted by Gasteiger charge is 2.48. The predicted octanol–water partition coefficient (Wildman–Crippen LogP) is 16.0. The number of hydrogen-bond donors (Lipinski definition) is 0. The van der Waals surface area contributed by atoms with Gasteiger partial charge in [-0.05, 0) is 72.2 Å². The van der Waals surface area contributed by atoms with Gasteiger partial charge in [0.2, 0.25) is 0 Å². The Kier molecular flexibility index (Phi) is 11.2. The number of pyridine rings is 2. The molecule has 10 aromatic rings. The molecule has 318 valence electrons. The van der Waals surface area contributed by atoms with Crippen LogP contribution in [0.3, 0.4) is 0 Å². The third-order valence-electron chi connectivity index (χ3n) is 13.2. The summed E-state index contributed by atoms with van der Waals surface area (Å²) in [6.45, 7) is 9.47. The molecule has 63 heavy (non-hydrogen) atoms. The Hall–Kier alpha value is -4.44. The fourth-order valence-corrected chi connectivity index (χ4v) is 15.5. The number of nitrogens with zero attached hydrogens (tertiary/aromatic N) is 8. The highest BCUT2D eigenvalue weighted by Crippen LogP contribution is 2.63. The van der Waals surface area contributed by atoms with E-state index < -0.39 is 0 Å². The molecule has 0 aliphatic heterocycles. The van der Waals surface area contributed by atoms with Gasteiger partial charge in [-0.2, -0.15) is 17.5 Å². The van der Waals surface area contributed by atoms with Crippen molar-refractivity contribution in [3.63, 3.8) is 0 Å². The van der Waals surface area contributed by atoms with Crippen LogP contribution in [0.5, 0.6) is 0 Å². The summed E-state index contributed by atoms with van der Waals surface area (Å²) in [5.41, 5.74) is 12.0. The van der Waals surface area contributed by atoms with Gasteiger partial charge >= 0.3 is 0 Å². The van der Waals surface area contributed by atoms with Gasteiger partial charge in [0.05, 0.1) is 64.8 Å². The minimum Gasteiger partial charge on any atom is -0.252 e. The van der Waals surface area contributed by atoms with Crippen LogP contribution in [0.2, 0.25) is 0 Å². The third kappa shape index (κ3) is 7.16. The first-order valence-electron chi connectivity index (χ1n) is 22.2. The van der Waals surface area contributed by atoms with E-state index in [9.17, 15) is 0 Å². The van der Waals surface area contributed by atoms with Crippen molar-refractivity contribution in [2.75, 3.05) is 0 Å². The van der Waals surface area contributed by atoms with Crippen LogP contribution in [0.1, 0.15) is 103 Å². The lowest BCUT2D eigenvalue weighted by atomic mass is 9.65. The average Bonchev–Trinajstić information content (AvgIpc) is 4.17. The van der Waals surface area contributed by atoms with Crippen LogP contribution in [-0.4, -0.2) is 37.4 Å². The number of rotatable bonds is 16. The molecular formula is C49H46N8S6. The van der Waals surface area contributed by atoms with Crippen molar-refractivity contribution >= 4 is 111 Å². The van der Waals surface area contributed by atoms with Crippen LogP contribution in [0, 0.1) is 11.8 Å². The lowest BCUT2D eigenvalue weighted by Gasteiger charge is -2.37. The molecule has 0 saturated heterocycles. The Balaban J connectivity index is 1.08. The molecule has 0 saturated carbocycles. The largest absolute Gasteiger partial charge is 0.252 e. The van der Waals surface area contributed by atoms with Crippen molar-refractivity contribution in [2.24, 2.45) is 11.8 Å². The van der Waals surface area contributed by atoms with E-state index >= 15 is 0 Å². The van der Waals surface area contributed by atoms with E-state index in [1.54, 1.807) is 22.7 Å². The maximum absolute atomic E-state index is 5.23. The number of benzene rings is 2. The van der Waals surface area contributed by atoms with Gasteiger partial charge in [0.25, 0.3) is 0 Å². The van der Waals surface area contributed by atoms with Gasteiger partial charge in [0.15, 0.2) is 0 Å². The van der Waals surface area contributed by atoms with Crippen molar-refractivity contribution in [3.05, 3.63) is 84.2 Å². The summed E-state index contributed by atoms with van der Waals surface area (Å²) in [5, 5.41) is 1.86. The molecule has 2 unspecified atom stereocenters. The molecule has 0 amide bonds. The van der Waals surface area contributed by atoms with Crippen LogP contribution in [-0.2, 0) is 5.41 Å². The van der Waals surface area contributed by atoms with Gasteiger partial charge in [-0.15, -0.1) is 45.3 Å². The molecule has 0 radical (unpaired) electrons. The molecule has 8 heterocycles. The zero-order chi connectivity index (χ0) is 42.7. The second kappa shape index (κ2) is 17.2. The zero-order valence-corrected chi connectivity index (χ0v) is 40.6. The van der Waals surface area contributed by atoms with Gasteiger partial charge in [-0.25, -0.2) is 9.97 Å². The monoisotopic (exact) mass is 938 g/mol. The summed E-state index contributed by atoms with van der Waals surface area (Å²) in [4.78, 5) is 25.5. The second-order valence-electron chi connectivity index (χ2n) is 17.0. The van der Waals surface area contributed by atoms with E-state index in [0.717, 1.165) is 97.6 Å². The zero-order valence-electron chi connectivity index (χ0n) is 35.7. The fraction of sp³-hybridized carbons (Fsp3) is 0.347. The summed E-state index contributed by atoms with van der Waals surface area (Å²) < 4.78 is 21.9. The van der Waals surface area contributed by atoms with Crippen molar-refractivity contribution in [1.82, 2.24) is 37.4 Å². The van der Waals surface area contributed by atoms with Gasteiger partial charge in [0, 0.05) is 27.6 Å². The first-order valence-corrected chi connectivity index (χ1v) is 27.0. The Morgan fingerprint density at radius 3 is 1.41 bits per heavy atom. The summed E-state index contributed by atoms with van der Waals surface area (Å²) >= 11 is 9.66. The van der Waals surface area contributed by atoms with Gasteiger partial charge in [-0.1, -0.05) is 103 Å². The lowest BCUT2D eigenvalue weighted by molar-refractivity contribution is 0.266. The van der Waals surface area contributed by atoms with Crippen molar-refractivity contribution in [2.45, 2.75) is 97.3 Å². The number of aromatic nitrogens is 8. The molecular weight excluding hydrogens is 893 g/mol. The van der Waals surface area contributed by atoms with Gasteiger partial charge < -0.3 is 0 Å². The standard InChI is InChI=1S/C49H46N8S6/c1-5-9-15-27(7-3)23-49(24-28(8-4)16-10-6-2)31-21-37(41-43-39(54-62-56-43)29(25-50-41)47-52-33-17-11-13-19-35(33)60-47)58-45(31)46-32(49)22-38(59-46)42-44-40(55-63-57-44)30(26-51-42)48-53-34-18-12-14-20-36(34)61-48/h11-14,17-22,25-28H,5-10,15-16,23-24H2,1-4H3. The number of para-hydroxylation sites is 2. The summed E-state index contributed by atoms with van der Waals surface area (Å²) in [6, 6.07) is 21.6. The predicted molar refractivity (Wildman–Crippen MR) is 270 cm³/mol. The molecule has 0 N–H and O–H groups in total. The van der Waals surface area contributed by atoms with Crippen molar-refractivity contribution < 1.29 is 0 Å². The highest BCUT2D eigenvalue weighted by molar-refractivity contribution is 7.26. The Morgan fingerprint density at radius 2 is 0.984 bits per heavy atom. The normalized spacial score (nSPS) is 14.3. The Morgan fingerprint density at radius 1 is 0.540 bits per heavy atom. The van der Waals surface area contributed by atoms with Crippen molar-refractivity contribution in [3.8, 4) is 52.0 Å². The smallest absolute Gasteiger partial charge is 0.132 e. The summed E-state index contributed by atoms with van der Waals surface area (Å²) in [5.74, 6) is 1.22. The summed E-state index contributed by atoms with van der Waals surface area (Å²) in [7, 11) is 0. The fourth-order valence-electron chi connectivity index (χ4n) is 9.80. The van der Waals surface area contributed by atoms with E-state index in [4.69, 9.17) is 37.4 Å². The molecule has 2 aromatic carbocycles. The average molecular weight is 939 g/mol. The highest BCUT2D eigenvalue weighted by atomic mass is 32.1. The Bertz CT molecular complexity index is 2970. The van der Waals surface area contributed by atoms with E-state index in [2.05, 4.69) is 76.2 Å². The first-order chi connectivity index (χ1) is 31.0. The second-order valence-corrected chi connectivity index (χ2v) is 22.2. The topological polar surface area (TPSA) is 103 Å². The molecule has 0 fully saturated rings. The van der Waals surface area contributed by atoms with Crippen LogP contribution >= 0.6 is 68.8 Å². The third-order valence-corrected chi connectivity index (χ3v) is 18.8. The maximum atomic E-state index is 5.23. The van der Waals surface area contributed by atoms with E-state index in [1.807, 2.05) is 47.2 Å². The van der Waals surface area contributed by atoms with Gasteiger partial charge in [0.1, 0.15) is 43.5 Å². The number of unbranched alkanes of at least 4 members (excludes halogenated alkanes) is 2. The van der Waals surface area contributed by atoms with E-state index in [1.165, 1.54) is 95.7 Å². The van der Waals surface area contributed by atoms with E-state index in [0.29, 0.717) is 11.8 Å². The number of thiophene rings is 2. The Labute approximate surface area is 391 Å². The first kappa shape index (κ1) is 41.3. The maximum Gasteiger partial charge on any atom is 0.132 e. The molecule has 1 aliphatic carbocycles. The van der Waals surface area contributed by atoms with Crippen LogP contribution in [0.4, 0.5) is 0 Å². The molecule has 11 rings (SSSR count). The minimum absolute atomic E-state index is 0.141. The lowest BCUT2D eigenvalue weighted by Crippen LogP contribution is -2.31. The molecule has 0 spiro atoms. The van der Waals surface area contributed by atoms with Crippen LogP contribution < -0.4 is 0 Å². The molecule has 1 aliphatic rings. The van der Waals surface area contributed by atoms with Crippen molar-refractivity contribution in [1.29, 1.82) is 0 Å². The van der Waals surface area contributed by atoms with E-state index in [-0.39, 0.29) is 5.41 Å². The quantitative estimate of drug-likeness (QED) is 0.0944. The van der Waals surface area contributed by atoms with Crippen LogP contribution in [0.15, 0.2) is 73.1 Å². The molecule has 8 aromatic heterocycles. The van der Waals surface area contributed by atoms with Gasteiger partial charge in [-0.3, -0.25) is 9.97 Å². The minimum atomic E-state index is -0.141. The molecule has 8 nitrogen and oxygen atoms in total. The number of thiazole rings is 2. The molecule has 0 bridgehead atoms.